The van der Waals surface area contributed by atoms with Crippen molar-refractivity contribution in [1.82, 2.24) is 0 Å². The fraction of sp³-hybridized carbons (Fsp3) is 0.412. The number of aliphatic hydroxyl groups is 1. The van der Waals surface area contributed by atoms with Gasteiger partial charge in [-0.3, -0.25) is 4.79 Å². The minimum Gasteiger partial charge on any atom is -0.465 e. The van der Waals surface area contributed by atoms with Crippen LogP contribution in [0.3, 0.4) is 0 Å². The highest BCUT2D eigenvalue weighted by atomic mass is 19.4. The van der Waals surface area contributed by atoms with Crippen molar-refractivity contribution in [3.63, 3.8) is 0 Å². The van der Waals surface area contributed by atoms with E-state index in [1.807, 2.05) is 0 Å². The molecule has 0 aliphatic heterocycles. The molecule has 2 atom stereocenters. The smallest absolute Gasteiger partial charge is 0.398 e. The van der Waals surface area contributed by atoms with Crippen LogP contribution in [0.15, 0.2) is 35.9 Å². The number of ether oxygens (including phenoxy) is 1. The predicted molar refractivity (Wildman–Crippen MR) is 79.2 cm³/mol. The van der Waals surface area contributed by atoms with E-state index in [-0.39, 0.29) is 16.7 Å². The first-order valence-electron chi connectivity index (χ1n) is 7.17. The zero-order chi connectivity index (χ0) is 18.3. The molecule has 24 heavy (non-hydrogen) atoms. The summed E-state index contributed by atoms with van der Waals surface area (Å²) in [5, 5.41) is 11.2. The summed E-state index contributed by atoms with van der Waals surface area (Å²) in [5.74, 6) is -1.60. The van der Waals surface area contributed by atoms with Gasteiger partial charge in [-0.1, -0.05) is 18.2 Å². The van der Waals surface area contributed by atoms with Crippen LogP contribution in [0, 0.1) is 5.41 Å². The molecular formula is C17H17F3O4. The monoisotopic (exact) mass is 342 g/mol. The van der Waals surface area contributed by atoms with Gasteiger partial charge in [0.1, 0.15) is 11.0 Å². The Morgan fingerprint density at radius 2 is 1.88 bits per heavy atom. The molecule has 1 aliphatic carbocycles. The van der Waals surface area contributed by atoms with Gasteiger partial charge in [0.2, 0.25) is 0 Å². The lowest BCUT2D eigenvalue weighted by molar-refractivity contribution is -0.275. The van der Waals surface area contributed by atoms with E-state index in [1.165, 1.54) is 31.2 Å². The summed E-state index contributed by atoms with van der Waals surface area (Å²) in [5.41, 5.74) is -5.93. The number of carbonyl (C=O) groups is 2. The second-order valence-electron chi connectivity index (χ2n) is 6.05. The largest absolute Gasteiger partial charge is 0.465 e. The number of rotatable bonds is 2. The van der Waals surface area contributed by atoms with Crippen molar-refractivity contribution < 1.29 is 32.6 Å². The maximum absolute atomic E-state index is 13.8. The molecule has 0 aromatic heterocycles. The molecule has 0 bridgehead atoms. The highest BCUT2D eigenvalue weighted by Gasteiger charge is 2.67. The summed E-state index contributed by atoms with van der Waals surface area (Å²) < 4.78 is 46.0. The van der Waals surface area contributed by atoms with Crippen molar-refractivity contribution in [3.05, 3.63) is 47.0 Å². The van der Waals surface area contributed by atoms with Crippen LogP contribution in [0.25, 0.3) is 0 Å². The van der Waals surface area contributed by atoms with E-state index < -0.39 is 35.4 Å². The summed E-state index contributed by atoms with van der Waals surface area (Å²) in [4.78, 5) is 23.7. The van der Waals surface area contributed by atoms with Gasteiger partial charge in [0.25, 0.3) is 0 Å². The van der Waals surface area contributed by atoms with Gasteiger partial charge in [-0.05, 0) is 31.6 Å². The van der Waals surface area contributed by atoms with Crippen molar-refractivity contribution in [2.45, 2.75) is 32.0 Å². The first-order chi connectivity index (χ1) is 11.0. The van der Waals surface area contributed by atoms with Crippen molar-refractivity contribution in [2.75, 3.05) is 7.11 Å². The van der Waals surface area contributed by atoms with Crippen LogP contribution in [-0.4, -0.2) is 30.1 Å². The number of carbonyl (C=O) groups excluding carboxylic acids is 2. The number of hydrogen-bond acceptors (Lipinski definition) is 4. The van der Waals surface area contributed by atoms with Gasteiger partial charge >= 0.3 is 12.1 Å². The molecule has 0 amide bonds. The van der Waals surface area contributed by atoms with Gasteiger partial charge < -0.3 is 9.84 Å². The number of benzene rings is 1. The van der Waals surface area contributed by atoms with E-state index in [2.05, 4.69) is 4.74 Å². The Morgan fingerprint density at radius 1 is 1.29 bits per heavy atom. The highest BCUT2D eigenvalue weighted by Crippen LogP contribution is 2.58. The van der Waals surface area contributed by atoms with Gasteiger partial charge in [0.15, 0.2) is 5.78 Å². The maximum atomic E-state index is 13.8. The Balaban J connectivity index is 2.84. The number of halogens is 3. The molecule has 1 aromatic rings. The summed E-state index contributed by atoms with van der Waals surface area (Å²) in [6.07, 6.45) is -4.81. The molecule has 0 radical (unpaired) electrons. The van der Waals surface area contributed by atoms with Crippen molar-refractivity contribution in [1.29, 1.82) is 0 Å². The molecule has 1 aliphatic rings. The maximum Gasteiger partial charge on any atom is 0.398 e. The molecule has 0 saturated heterocycles. The molecule has 0 spiro atoms. The lowest BCUT2D eigenvalue weighted by atomic mass is 9.59. The van der Waals surface area contributed by atoms with Crippen LogP contribution in [0.4, 0.5) is 13.2 Å². The van der Waals surface area contributed by atoms with E-state index in [4.69, 9.17) is 0 Å². The lowest BCUT2D eigenvalue weighted by Gasteiger charge is -2.49. The Labute approximate surface area is 136 Å². The third-order valence-electron chi connectivity index (χ3n) is 4.62. The summed E-state index contributed by atoms with van der Waals surface area (Å²) in [6, 6.07) is 5.39. The Kier molecular flexibility index (Phi) is 4.35. The number of methoxy groups -OCH3 is 1. The Bertz CT molecular complexity index is 723. The van der Waals surface area contributed by atoms with E-state index in [9.17, 15) is 27.9 Å². The van der Waals surface area contributed by atoms with E-state index in [0.717, 1.165) is 20.1 Å². The zero-order valence-electron chi connectivity index (χ0n) is 13.4. The van der Waals surface area contributed by atoms with E-state index in [0.29, 0.717) is 0 Å². The van der Waals surface area contributed by atoms with Crippen molar-refractivity contribution >= 4 is 11.8 Å². The summed E-state index contributed by atoms with van der Waals surface area (Å²) >= 11 is 0. The normalized spacial score (nSPS) is 27.6. The molecule has 1 N–H and O–H groups in total. The standard InChI is InChI=1S/C17H17F3O4/c1-10-8-11(21)9-15(2,17(18,19)20)16(10,23)13-7-5-4-6-12(13)14(22)24-3/h4-8,23H,9H2,1-3H3. The number of allylic oxidation sites excluding steroid dienone is 1. The zero-order valence-corrected chi connectivity index (χ0v) is 13.4. The molecule has 1 aromatic carbocycles. The Morgan fingerprint density at radius 3 is 2.42 bits per heavy atom. The molecule has 0 saturated carbocycles. The molecule has 7 heteroatoms. The Hall–Kier alpha value is -2.15. The van der Waals surface area contributed by atoms with Crippen LogP contribution in [-0.2, 0) is 15.1 Å². The van der Waals surface area contributed by atoms with Gasteiger partial charge in [-0.25, -0.2) is 4.79 Å². The molecule has 2 rings (SSSR count). The lowest BCUT2D eigenvalue weighted by Crippen LogP contribution is -2.57. The minimum atomic E-state index is -4.88. The number of esters is 1. The number of alkyl halides is 3. The topological polar surface area (TPSA) is 63.6 Å². The van der Waals surface area contributed by atoms with Crippen LogP contribution in [0.2, 0.25) is 0 Å². The van der Waals surface area contributed by atoms with Gasteiger partial charge in [0.05, 0.1) is 12.7 Å². The van der Waals surface area contributed by atoms with Crippen LogP contribution < -0.4 is 0 Å². The first kappa shape index (κ1) is 18.2. The molecule has 0 fully saturated rings. The van der Waals surface area contributed by atoms with Gasteiger partial charge in [-0.15, -0.1) is 0 Å². The third-order valence-corrected chi connectivity index (χ3v) is 4.62. The molecule has 0 heterocycles. The average Bonchev–Trinajstić information content (AvgIpc) is 2.50. The SMILES string of the molecule is COC(=O)c1ccccc1C1(O)C(C)=CC(=O)CC1(C)C(F)(F)F. The molecule has 130 valence electrons. The van der Waals surface area contributed by atoms with Gasteiger partial charge in [-0.2, -0.15) is 13.2 Å². The van der Waals surface area contributed by atoms with Crippen LogP contribution >= 0.6 is 0 Å². The van der Waals surface area contributed by atoms with Crippen molar-refractivity contribution in [3.8, 4) is 0 Å². The first-order valence-corrected chi connectivity index (χ1v) is 7.17. The molecule has 2 unspecified atom stereocenters. The van der Waals surface area contributed by atoms with Crippen LogP contribution in [0.5, 0.6) is 0 Å². The second-order valence-corrected chi connectivity index (χ2v) is 6.05. The fourth-order valence-corrected chi connectivity index (χ4v) is 3.21. The molecule has 4 nitrogen and oxygen atoms in total. The summed E-state index contributed by atoms with van der Waals surface area (Å²) in [7, 11) is 1.10. The number of hydrogen-bond donors (Lipinski definition) is 1. The van der Waals surface area contributed by atoms with Gasteiger partial charge in [0, 0.05) is 12.0 Å². The predicted octanol–water partition coefficient (Wildman–Crippen LogP) is 3.15. The van der Waals surface area contributed by atoms with Crippen LogP contribution in [0.1, 0.15) is 36.2 Å². The minimum absolute atomic E-state index is 0.171. The second kappa shape index (κ2) is 5.73. The highest BCUT2D eigenvalue weighted by molar-refractivity contribution is 5.95. The molecular weight excluding hydrogens is 325 g/mol. The fourth-order valence-electron chi connectivity index (χ4n) is 3.21. The van der Waals surface area contributed by atoms with Crippen molar-refractivity contribution in [2.24, 2.45) is 5.41 Å². The van der Waals surface area contributed by atoms with E-state index in [1.54, 1.807) is 0 Å². The summed E-state index contributed by atoms with van der Waals surface area (Å²) in [6.45, 7) is 2.03. The average molecular weight is 342 g/mol. The quantitative estimate of drug-likeness (QED) is 0.839. The third kappa shape index (κ3) is 2.43. The van der Waals surface area contributed by atoms with E-state index >= 15 is 0 Å². The number of ketones is 1.